The number of hydrogen-bond donors (Lipinski definition) is 1. The van der Waals surface area contributed by atoms with Crippen molar-refractivity contribution >= 4 is 34.4 Å². The number of benzene rings is 2. The molecule has 0 fully saturated rings. The topological polar surface area (TPSA) is 46.5 Å². The SMILES string of the molecule is COc1ccc2nc(C)cc(N/N=C\c3ccc(Cl)cc3)c2c1. The maximum Gasteiger partial charge on any atom is 0.119 e. The van der Waals surface area contributed by atoms with Crippen LogP contribution in [0.5, 0.6) is 5.75 Å². The Balaban J connectivity index is 1.90. The second-order valence-corrected chi connectivity index (χ2v) is 5.55. The van der Waals surface area contributed by atoms with Gasteiger partial charge in [0.1, 0.15) is 5.75 Å². The number of pyridine rings is 1. The minimum absolute atomic E-state index is 0.706. The lowest BCUT2D eigenvalue weighted by Crippen LogP contribution is -1.95. The van der Waals surface area contributed by atoms with Gasteiger partial charge in [0.25, 0.3) is 0 Å². The van der Waals surface area contributed by atoms with Crippen LogP contribution in [0.25, 0.3) is 10.9 Å². The van der Waals surface area contributed by atoms with Gasteiger partial charge in [-0.2, -0.15) is 5.10 Å². The lowest BCUT2D eigenvalue weighted by molar-refractivity contribution is 0.415. The van der Waals surface area contributed by atoms with Crippen molar-refractivity contribution < 1.29 is 4.74 Å². The van der Waals surface area contributed by atoms with Crippen molar-refractivity contribution in [3.63, 3.8) is 0 Å². The van der Waals surface area contributed by atoms with Gasteiger partial charge in [0.05, 0.1) is 24.5 Å². The smallest absolute Gasteiger partial charge is 0.119 e. The van der Waals surface area contributed by atoms with Crippen molar-refractivity contribution in [2.75, 3.05) is 12.5 Å². The van der Waals surface area contributed by atoms with Crippen molar-refractivity contribution in [3.05, 3.63) is 64.8 Å². The molecular weight excluding hydrogens is 310 g/mol. The van der Waals surface area contributed by atoms with Crippen molar-refractivity contribution in [1.29, 1.82) is 0 Å². The van der Waals surface area contributed by atoms with Gasteiger partial charge in [0, 0.05) is 16.1 Å². The normalized spacial score (nSPS) is 11.1. The molecule has 0 saturated heterocycles. The molecule has 0 bridgehead atoms. The van der Waals surface area contributed by atoms with E-state index in [1.165, 1.54) is 0 Å². The summed E-state index contributed by atoms with van der Waals surface area (Å²) in [4.78, 5) is 4.53. The molecule has 1 heterocycles. The summed E-state index contributed by atoms with van der Waals surface area (Å²) in [6, 6.07) is 15.2. The molecule has 2 aromatic carbocycles. The summed E-state index contributed by atoms with van der Waals surface area (Å²) in [5, 5.41) is 5.97. The second-order valence-electron chi connectivity index (χ2n) is 5.12. The Morgan fingerprint density at radius 2 is 1.91 bits per heavy atom. The number of methoxy groups -OCH3 is 1. The number of fused-ring (bicyclic) bond motifs is 1. The molecule has 3 rings (SSSR count). The summed E-state index contributed by atoms with van der Waals surface area (Å²) in [5.74, 6) is 0.785. The highest BCUT2D eigenvalue weighted by atomic mass is 35.5. The van der Waals surface area contributed by atoms with Gasteiger partial charge in [-0.1, -0.05) is 23.7 Å². The van der Waals surface area contributed by atoms with E-state index in [4.69, 9.17) is 16.3 Å². The van der Waals surface area contributed by atoms with Crippen LogP contribution < -0.4 is 10.2 Å². The van der Waals surface area contributed by atoms with Crippen molar-refractivity contribution in [3.8, 4) is 5.75 Å². The fourth-order valence-corrected chi connectivity index (χ4v) is 2.41. The van der Waals surface area contributed by atoms with Gasteiger partial charge < -0.3 is 4.74 Å². The van der Waals surface area contributed by atoms with Gasteiger partial charge in [-0.05, 0) is 48.9 Å². The molecule has 0 saturated carbocycles. The molecular formula is C18H16ClN3O. The van der Waals surface area contributed by atoms with Gasteiger partial charge in [-0.15, -0.1) is 0 Å². The highest BCUT2D eigenvalue weighted by Crippen LogP contribution is 2.27. The van der Waals surface area contributed by atoms with E-state index in [9.17, 15) is 0 Å². The van der Waals surface area contributed by atoms with Crippen LogP contribution in [0, 0.1) is 6.92 Å². The van der Waals surface area contributed by atoms with Crippen molar-refractivity contribution in [1.82, 2.24) is 4.98 Å². The molecule has 5 heteroatoms. The van der Waals surface area contributed by atoms with E-state index in [1.807, 2.05) is 55.5 Å². The molecule has 1 N–H and O–H groups in total. The number of ether oxygens (including phenoxy) is 1. The molecule has 0 aliphatic carbocycles. The average Bonchev–Trinajstić information content (AvgIpc) is 2.56. The molecule has 0 aliphatic heterocycles. The van der Waals surface area contributed by atoms with E-state index in [1.54, 1.807) is 13.3 Å². The zero-order valence-electron chi connectivity index (χ0n) is 12.9. The molecule has 0 unspecified atom stereocenters. The number of hydrazone groups is 1. The number of nitrogens with one attached hydrogen (secondary N) is 1. The molecule has 0 aliphatic rings. The van der Waals surface area contributed by atoms with E-state index in [-0.39, 0.29) is 0 Å². The Hall–Kier alpha value is -2.59. The zero-order chi connectivity index (χ0) is 16.2. The number of halogens is 1. The number of anilines is 1. The molecule has 23 heavy (non-hydrogen) atoms. The largest absolute Gasteiger partial charge is 0.497 e. The third kappa shape index (κ3) is 3.60. The first-order chi connectivity index (χ1) is 11.2. The van der Waals surface area contributed by atoms with E-state index in [0.29, 0.717) is 5.02 Å². The number of nitrogens with zero attached hydrogens (tertiary/aromatic N) is 2. The quantitative estimate of drug-likeness (QED) is 0.561. The minimum Gasteiger partial charge on any atom is -0.497 e. The van der Waals surface area contributed by atoms with Crippen molar-refractivity contribution in [2.24, 2.45) is 5.10 Å². The number of hydrogen-bond acceptors (Lipinski definition) is 4. The molecule has 116 valence electrons. The van der Waals surface area contributed by atoms with Crippen molar-refractivity contribution in [2.45, 2.75) is 6.92 Å². The van der Waals surface area contributed by atoms with Crippen LogP contribution in [0.1, 0.15) is 11.3 Å². The van der Waals surface area contributed by atoms with Crippen LogP contribution >= 0.6 is 11.6 Å². The van der Waals surface area contributed by atoms with Gasteiger partial charge in [-0.25, -0.2) is 0 Å². The lowest BCUT2D eigenvalue weighted by Gasteiger charge is -2.08. The van der Waals surface area contributed by atoms with Crippen LogP contribution in [0.3, 0.4) is 0 Å². The highest BCUT2D eigenvalue weighted by molar-refractivity contribution is 6.30. The van der Waals surface area contributed by atoms with Gasteiger partial charge in [0.15, 0.2) is 0 Å². The van der Waals surface area contributed by atoms with E-state index < -0.39 is 0 Å². The summed E-state index contributed by atoms with van der Waals surface area (Å²) in [5.41, 5.74) is 6.76. The number of aromatic nitrogens is 1. The van der Waals surface area contributed by atoms with Crippen LogP contribution in [-0.4, -0.2) is 18.3 Å². The second kappa shape index (κ2) is 6.67. The third-order valence-electron chi connectivity index (χ3n) is 3.41. The maximum atomic E-state index is 5.87. The third-order valence-corrected chi connectivity index (χ3v) is 3.66. The summed E-state index contributed by atoms with van der Waals surface area (Å²) in [6.45, 7) is 1.96. The summed E-state index contributed by atoms with van der Waals surface area (Å²) >= 11 is 5.87. The average molecular weight is 326 g/mol. The number of rotatable bonds is 4. The number of aryl methyl sites for hydroxylation is 1. The fourth-order valence-electron chi connectivity index (χ4n) is 2.28. The minimum atomic E-state index is 0.706. The Bertz CT molecular complexity index is 860. The first-order valence-corrected chi connectivity index (χ1v) is 7.53. The van der Waals surface area contributed by atoms with Crippen LogP contribution in [-0.2, 0) is 0 Å². The lowest BCUT2D eigenvalue weighted by atomic mass is 10.1. The Morgan fingerprint density at radius 1 is 1.13 bits per heavy atom. The van der Waals surface area contributed by atoms with Crippen LogP contribution in [0.4, 0.5) is 5.69 Å². The zero-order valence-corrected chi connectivity index (χ0v) is 13.6. The fraction of sp³-hybridized carbons (Fsp3) is 0.111. The van der Waals surface area contributed by atoms with Crippen LogP contribution in [0.15, 0.2) is 53.6 Å². The summed E-state index contributed by atoms with van der Waals surface area (Å²) in [6.07, 6.45) is 1.75. The van der Waals surface area contributed by atoms with Crippen LogP contribution in [0.2, 0.25) is 5.02 Å². The standard InChI is InChI=1S/C18H16ClN3O/c1-12-9-18(16-10-15(23-2)7-8-17(16)21-12)22-20-11-13-3-5-14(19)6-4-13/h3-11H,1-2H3,(H,21,22)/b20-11-. The molecule has 3 aromatic rings. The first-order valence-electron chi connectivity index (χ1n) is 7.16. The molecule has 0 spiro atoms. The van der Waals surface area contributed by atoms with E-state index in [0.717, 1.165) is 33.6 Å². The Labute approximate surface area is 139 Å². The highest BCUT2D eigenvalue weighted by Gasteiger charge is 2.05. The summed E-state index contributed by atoms with van der Waals surface area (Å²) in [7, 11) is 1.65. The monoisotopic (exact) mass is 325 g/mol. The van der Waals surface area contributed by atoms with Gasteiger partial charge in [-0.3, -0.25) is 10.4 Å². The maximum absolute atomic E-state index is 5.87. The molecule has 4 nitrogen and oxygen atoms in total. The molecule has 0 atom stereocenters. The molecule has 0 radical (unpaired) electrons. The molecule has 1 aromatic heterocycles. The van der Waals surface area contributed by atoms with E-state index >= 15 is 0 Å². The van der Waals surface area contributed by atoms with Gasteiger partial charge in [0.2, 0.25) is 0 Å². The van der Waals surface area contributed by atoms with E-state index in [2.05, 4.69) is 15.5 Å². The Morgan fingerprint density at radius 3 is 2.65 bits per heavy atom. The predicted octanol–water partition coefficient (Wildman–Crippen LogP) is 4.65. The van der Waals surface area contributed by atoms with Gasteiger partial charge >= 0.3 is 0 Å². The Kier molecular flexibility index (Phi) is 4.44. The summed E-state index contributed by atoms with van der Waals surface area (Å²) < 4.78 is 5.29. The first kappa shape index (κ1) is 15.3. The molecule has 0 amide bonds. The predicted molar refractivity (Wildman–Crippen MR) is 95.7 cm³/mol.